The Morgan fingerprint density at radius 1 is 0.929 bits per heavy atom. The number of halogens is 1. The van der Waals surface area contributed by atoms with Gasteiger partial charge >= 0.3 is 0 Å². The summed E-state index contributed by atoms with van der Waals surface area (Å²) in [4.78, 5) is 15.7. The highest BCUT2D eigenvalue weighted by molar-refractivity contribution is 8.26. The molecular weight excluding hydrogens is 582 g/mol. The van der Waals surface area contributed by atoms with Gasteiger partial charge in [-0.05, 0) is 55.0 Å². The first-order valence-corrected chi connectivity index (χ1v) is 16.0. The van der Waals surface area contributed by atoms with E-state index in [2.05, 4.69) is 6.92 Å². The van der Waals surface area contributed by atoms with E-state index < -0.39 is 0 Å². The highest BCUT2D eigenvalue weighted by Gasteiger charge is 2.32. The largest absolute Gasteiger partial charge is 0.489 e. The molecule has 0 bridgehead atoms. The first kappa shape index (κ1) is 30.1. The van der Waals surface area contributed by atoms with Gasteiger partial charge in [0.2, 0.25) is 0 Å². The molecule has 0 aliphatic carbocycles. The number of nitrogens with zero attached hydrogens (tertiary/aromatic N) is 3. The summed E-state index contributed by atoms with van der Waals surface area (Å²) in [6.45, 7) is 3.27. The van der Waals surface area contributed by atoms with Crippen LogP contribution in [0.3, 0.4) is 0 Å². The lowest BCUT2D eigenvalue weighted by Crippen LogP contribution is -2.29. The van der Waals surface area contributed by atoms with Crippen LogP contribution in [0.1, 0.15) is 56.6 Å². The Labute approximate surface area is 262 Å². The van der Waals surface area contributed by atoms with Crippen LogP contribution >= 0.6 is 35.6 Å². The quantitative estimate of drug-likeness (QED) is 0.0852. The van der Waals surface area contributed by atoms with Gasteiger partial charge in [0.25, 0.3) is 5.91 Å². The molecule has 8 heteroatoms. The van der Waals surface area contributed by atoms with Gasteiger partial charge in [-0.15, -0.1) is 0 Å². The van der Waals surface area contributed by atoms with Crippen LogP contribution in [0.4, 0.5) is 0 Å². The van der Waals surface area contributed by atoms with Crippen LogP contribution in [0.25, 0.3) is 23.0 Å². The highest BCUT2D eigenvalue weighted by atomic mass is 35.5. The fourth-order valence-corrected chi connectivity index (χ4v) is 6.29. The summed E-state index contributed by atoms with van der Waals surface area (Å²) in [6.07, 6.45) is 10.9. The van der Waals surface area contributed by atoms with Gasteiger partial charge < -0.3 is 4.74 Å². The maximum absolute atomic E-state index is 13.4. The normalized spacial score (nSPS) is 14.2. The van der Waals surface area contributed by atoms with Crippen LogP contribution in [-0.4, -0.2) is 31.5 Å². The summed E-state index contributed by atoms with van der Waals surface area (Å²) < 4.78 is 8.45. The molecule has 1 amide bonds. The topological polar surface area (TPSA) is 47.4 Å². The van der Waals surface area contributed by atoms with Crippen LogP contribution in [0.15, 0.2) is 90.0 Å². The molecule has 0 saturated carbocycles. The van der Waals surface area contributed by atoms with Gasteiger partial charge in [-0.1, -0.05) is 111 Å². The van der Waals surface area contributed by atoms with Gasteiger partial charge in [-0.2, -0.15) is 5.10 Å². The summed E-state index contributed by atoms with van der Waals surface area (Å²) in [5, 5.41) is 5.61. The second kappa shape index (κ2) is 14.7. The standard InChI is InChI=1S/C34H34ClN3O2S2/c1-2-3-4-5-6-12-21-37-33(39)31(42-34(37)41)22-27-23-38(28-14-8-7-9-15-28)36-32(27)25-17-19-29(20-18-25)40-24-26-13-10-11-16-30(26)35/h7-11,13-20,22-23H,2-6,12,21,24H2,1H3/b31-22+. The molecule has 42 heavy (non-hydrogen) atoms. The van der Waals surface area contributed by atoms with Gasteiger partial charge in [-0.3, -0.25) is 9.69 Å². The van der Waals surface area contributed by atoms with E-state index in [-0.39, 0.29) is 5.91 Å². The van der Waals surface area contributed by atoms with Crippen LogP contribution in [0.5, 0.6) is 5.75 Å². The van der Waals surface area contributed by atoms with Crippen molar-refractivity contribution in [1.29, 1.82) is 0 Å². The number of para-hydroxylation sites is 1. The van der Waals surface area contributed by atoms with Crippen molar-refractivity contribution in [1.82, 2.24) is 14.7 Å². The van der Waals surface area contributed by atoms with E-state index in [9.17, 15) is 4.79 Å². The third kappa shape index (κ3) is 7.51. The molecule has 0 radical (unpaired) electrons. The number of hydrogen-bond donors (Lipinski definition) is 0. The van der Waals surface area contributed by atoms with E-state index in [1.807, 2.05) is 95.8 Å². The second-order valence-corrected chi connectivity index (χ2v) is 12.3. The lowest BCUT2D eigenvalue weighted by molar-refractivity contribution is -0.122. The number of ether oxygens (including phenoxy) is 1. The fraction of sp³-hybridized carbons (Fsp3) is 0.265. The van der Waals surface area contributed by atoms with E-state index in [1.54, 1.807) is 4.90 Å². The maximum Gasteiger partial charge on any atom is 0.266 e. The number of unbranched alkanes of at least 4 members (excludes halogenated alkanes) is 5. The number of amides is 1. The zero-order chi connectivity index (χ0) is 29.3. The van der Waals surface area contributed by atoms with Crippen molar-refractivity contribution in [3.8, 4) is 22.7 Å². The van der Waals surface area contributed by atoms with Gasteiger partial charge in [0, 0.05) is 34.5 Å². The number of thioether (sulfide) groups is 1. The molecule has 5 rings (SSSR count). The Bertz CT molecular complexity index is 1550. The molecule has 1 aliphatic heterocycles. The van der Waals surface area contributed by atoms with Crippen molar-refractivity contribution in [2.24, 2.45) is 0 Å². The molecule has 0 unspecified atom stereocenters. The van der Waals surface area contributed by atoms with Gasteiger partial charge in [0.1, 0.15) is 16.7 Å². The van der Waals surface area contributed by atoms with Gasteiger partial charge in [0.15, 0.2) is 0 Å². The molecule has 5 nitrogen and oxygen atoms in total. The Balaban J connectivity index is 1.35. The van der Waals surface area contributed by atoms with Crippen molar-refractivity contribution < 1.29 is 9.53 Å². The lowest BCUT2D eigenvalue weighted by Gasteiger charge is -2.14. The number of rotatable bonds is 13. The molecule has 2 heterocycles. The molecule has 1 fully saturated rings. The van der Waals surface area contributed by atoms with Crippen LogP contribution in [-0.2, 0) is 11.4 Å². The van der Waals surface area contributed by atoms with E-state index in [0.717, 1.165) is 46.7 Å². The predicted molar refractivity (Wildman–Crippen MR) is 178 cm³/mol. The van der Waals surface area contributed by atoms with Crippen LogP contribution in [0.2, 0.25) is 5.02 Å². The summed E-state index contributed by atoms with van der Waals surface area (Å²) in [7, 11) is 0. The molecule has 0 N–H and O–H groups in total. The maximum atomic E-state index is 13.4. The molecule has 1 aliphatic rings. The van der Waals surface area contributed by atoms with Crippen molar-refractivity contribution in [3.05, 3.63) is 106 Å². The third-order valence-electron chi connectivity index (χ3n) is 7.14. The monoisotopic (exact) mass is 615 g/mol. The third-order valence-corrected chi connectivity index (χ3v) is 8.89. The van der Waals surface area contributed by atoms with E-state index in [4.69, 9.17) is 33.7 Å². The average molecular weight is 616 g/mol. The van der Waals surface area contributed by atoms with E-state index >= 15 is 0 Å². The fourth-order valence-electron chi connectivity index (χ4n) is 4.80. The summed E-state index contributed by atoms with van der Waals surface area (Å²) in [6, 6.07) is 25.4. The number of thiocarbonyl (C=S) groups is 1. The summed E-state index contributed by atoms with van der Waals surface area (Å²) >= 11 is 13.3. The Morgan fingerprint density at radius 2 is 1.64 bits per heavy atom. The molecular formula is C34H34ClN3O2S2. The summed E-state index contributed by atoms with van der Waals surface area (Å²) in [5.74, 6) is 0.707. The van der Waals surface area contributed by atoms with Gasteiger partial charge in [0.05, 0.1) is 16.3 Å². The zero-order valence-corrected chi connectivity index (χ0v) is 26.1. The molecule has 1 saturated heterocycles. The minimum atomic E-state index is -0.0275. The first-order valence-electron chi connectivity index (χ1n) is 14.4. The van der Waals surface area contributed by atoms with Crippen molar-refractivity contribution in [2.75, 3.05) is 6.54 Å². The van der Waals surface area contributed by atoms with E-state index in [0.29, 0.717) is 27.4 Å². The minimum Gasteiger partial charge on any atom is -0.489 e. The number of carbonyl (C=O) groups is 1. The highest BCUT2D eigenvalue weighted by Crippen LogP contribution is 2.35. The Hall–Kier alpha value is -3.39. The molecule has 0 atom stereocenters. The van der Waals surface area contributed by atoms with E-state index in [1.165, 1.54) is 37.4 Å². The van der Waals surface area contributed by atoms with Crippen molar-refractivity contribution in [2.45, 2.75) is 52.1 Å². The van der Waals surface area contributed by atoms with Crippen molar-refractivity contribution in [3.63, 3.8) is 0 Å². The van der Waals surface area contributed by atoms with Crippen LogP contribution in [0, 0.1) is 0 Å². The number of carbonyl (C=O) groups excluding carboxylic acids is 1. The van der Waals surface area contributed by atoms with Crippen LogP contribution < -0.4 is 4.74 Å². The molecule has 0 spiro atoms. The summed E-state index contributed by atoms with van der Waals surface area (Å²) in [5.41, 5.74) is 4.42. The number of hydrogen-bond acceptors (Lipinski definition) is 5. The average Bonchev–Trinajstić information content (AvgIpc) is 3.55. The zero-order valence-electron chi connectivity index (χ0n) is 23.7. The predicted octanol–water partition coefficient (Wildman–Crippen LogP) is 9.33. The Morgan fingerprint density at radius 3 is 2.40 bits per heavy atom. The first-order chi connectivity index (χ1) is 20.5. The number of benzene rings is 3. The van der Waals surface area contributed by atoms with Gasteiger partial charge in [-0.25, -0.2) is 4.68 Å². The van der Waals surface area contributed by atoms with Crippen molar-refractivity contribution >= 4 is 51.9 Å². The molecule has 4 aromatic rings. The second-order valence-electron chi connectivity index (χ2n) is 10.2. The molecule has 1 aromatic heterocycles. The molecule has 216 valence electrons. The SMILES string of the molecule is CCCCCCCCN1C(=O)/C(=C\c2cn(-c3ccccc3)nc2-c2ccc(OCc3ccccc3Cl)cc2)SC1=S. The minimum absolute atomic E-state index is 0.0275. The number of aromatic nitrogens is 2. The Kier molecular flexibility index (Phi) is 10.5. The molecule has 3 aromatic carbocycles. The smallest absolute Gasteiger partial charge is 0.266 e. The lowest BCUT2D eigenvalue weighted by atomic mass is 10.1.